The largest absolute Gasteiger partial charge is 0.516 e. The van der Waals surface area contributed by atoms with Gasteiger partial charge in [-0.1, -0.05) is 51.4 Å². The van der Waals surface area contributed by atoms with E-state index >= 15 is 0 Å². The van der Waals surface area contributed by atoms with Gasteiger partial charge in [0.1, 0.15) is 1.37 Å². The summed E-state index contributed by atoms with van der Waals surface area (Å²) in [5, 5.41) is 8.88. The highest BCUT2D eigenvalue weighted by molar-refractivity contribution is 4.70. The number of hydrogen-bond donors (Lipinski definition) is 1. The highest BCUT2D eigenvalue weighted by atomic mass is 16.2. The maximum atomic E-state index is 8.88. The van der Waals surface area contributed by atoms with Crippen LogP contribution in [-0.4, -0.2) is 5.11 Å². The van der Waals surface area contributed by atoms with Crippen LogP contribution in [0.4, 0.5) is 0 Å². The van der Waals surface area contributed by atoms with Gasteiger partial charge in [-0.25, -0.2) is 0 Å². The van der Waals surface area contributed by atoms with Crippen molar-refractivity contribution in [1.82, 2.24) is 0 Å². The van der Waals surface area contributed by atoms with Crippen LogP contribution in [-0.2, 0) is 0 Å². The van der Waals surface area contributed by atoms with Crippen molar-refractivity contribution in [3.63, 3.8) is 0 Å². The van der Waals surface area contributed by atoms with E-state index in [2.05, 4.69) is 0 Å². The Morgan fingerprint density at radius 2 is 2.17 bits per heavy atom. The van der Waals surface area contributed by atoms with Crippen LogP contribution in [0.15, 0.2) is 12.3 Å². The summed E-state index contributed by atoms with van der Waals surface area (Å²) < 4.78 is 68.0. The fourth-order valence-corrected chi connectivity index (χ4v) is 0.715. The van der Waals surface area contributed by atoms with Crippen molar-refractivity contribution in [3.05, 3.63) is 12.3 Å². The second-order valence-electron chi connectivity index (χ2n) is 2.33. The van der Waals surface area contributed by atoms with Crippen LogP contribution in [0.1, 0.15) is 70.5 Å². The molecule has 72 valence electrons. The third-order valence-corrected chi connectivity index (χ3v) is 1.31. The number of hydrogen-bond acceptors (Lipinski definition) is 1. The Morgan fingerprint density at radius 3 is 2.83 bits per heavy atom. The number of allylic oxidation sites excluding steroid dienone is 1. The standard InChI is InChI=1S/C11H22O/c1-2-3-4-5-6-7-8-9-10-11-12/h10-12H,2-9H2,1H3/i6D,7D2,8D2,9D2,10D,11D. The molecule has 0 amide bonds. The van der Waals surface area contributed by atoms with E-state index in [0.717, 1.165) is 12.8 Å². The van der Waals surface area contributed by atoms with Crippen LogP contribution < -0.4 is 0 Å². The molecule has 12 heavy (non-hydrogen) atoms. The van der Waals surface area contributed by atoms with Crippen LogP contribution in [0, 0.1) is 0 Å². The van der Waals surface area contributed by atoms with Gasteiger partial charge >= 0.3 is 0 Å². The second kappa shape index (κ2) is 10.5. The zero-order chi connectivity index (χ0) is 17.1. The summed E-state index contributed by atoms with van der Waals surface area (Å²) >= 11 is 0. The molecule has 0 aliphatic rings. The third kappa shape index (κ3) is 9.54. The predicted octanol–water partition coefficient (Wildman–Crippen LogP) is 4.20. The zero-order valence-corrected chi connectivity index (χ0v) is 7.35. The third-order valence-electron chi connectivity index (χ3n) is 1.31. The molecule has 1 heteroatoms. The Labute approximate surface area is 89.1 Å². The molecule has 1 atom stereocenters. The van der Waals surface area contributed by atoms with Gasteiger partial charge in [-0.05, 0) is 12.7 Å². The van der Waals surface area contributed by atoms with Gasteiger partial charge in [-0.15, -0.1) is 0 Å². The van der Waals surface area contributed by atoms with Crippen molar-refractivity contribution in [2.75, 3.05) is 0 Å². The first-order valence-electron chi connectivity index (χ1n) is 8.70. The Hall–Kier alpha value is -0.460. The summed E-state index contributed by atoms with van der Waals surface area (Å²) in [6, 6.07) is -1.34. The molecule has 0 aliphatic heterocycles. The van der Waals surface area contributed by atoms with Gasteiger partial charge in [0.25, 0.3) is 0 Å². The predicted molar refractivity (Wildman–Crippen MR) is 54.4 cm³/mol. The number of aliphatic hydroxyl groups excluding tert-OH is 1. The average Bonchev–Trinajstić information content (AvgIpc) is 2.37. The number of aliphatic hydroxyl groups is 1. The Kier molecular flexibility index (Phi) is 2.95. The molecule has 0 saturated heterocycles. The monoisotopic (exact) mass is 179 g/mol. The fourth-order valence-electron chi connectivity index (χ4n) is 0.715. The molecule has 0 saturated carbocycles. The maximum Gasteiger partial charge on any atom is 0.103 e. The van der Waals surface area contributed by atoms with Gasteiger partial charge < -0.3 is 5.11 Å². The lowest BCUT2D eigenvalue weighted by Gasteiger charge is -1.98. The summed E-state index contributed by atoms with van der Waals surface area (Å²) in [4.78, 5) is 0. The van der Waals surface area contributed by atoms with Crippen molar-refractivity contribution >= 4 is 0 Å². The molecule has 0 rings (SSSR count). The first-order valence-corrected chi connectivity index (χ1v) is 4.13. The van der Waals surface area contributed by atoms with Crippen LogP contribution in [0.3, 0.4) is 0 Å². The summed E-state index contributed by atoms with van der Waals surface area (Å²) in [6.45, 7) is 1.93. The molecule has 1 N–H and O–H groups in total. The minimum absolute atomic E-state index is 0.0698. The summed E-state index contributed by atoms with van der Waals surface area (Å²) in [5.41, 5.74) is 0. The Balaban J connectivity index is 5.41. The number of rotatable bonds is 8. The van der Waals surface area contributed by atoms with E-state index < -0.39 is 37.8 Å². The maximum absolute atomic E-state index is 8.88. The topological polar surface area (TPSA) is 20.2 Å². The van der Waals surface area contributed by atoms with Crippen LogP contribution >= 0.6 is 0 Å². The minimum atomic E-state index is -3.23. The first-order chi connectivity index (χ1) is 9.34. The molecule has 1 nitrogen and oxygen atoms in total. The molecule has 0 radical (unpaired) electrons. The van der Waals surface area contributed by atoms with E-state index in [1.54, 1.807) is 0 Å². The van der Waals surface area contributed by atoms with Gasteiger partial charge in [-0.2, -0.15) is 0 Å². The average molecular weight is 179 g/mol. The van der Waals surface area contributed by atoms with Crippen molar-refractivity contribution in [2.24, 2.45) is 0 Å². The molecule has 0 aromatic heterocycles. The molecule has 0 heterocycles. The van der Waals surface area contributed by atoms with E-state index in [9.17, 15) is 0 Å². The summed E-state index contributed by atoms with van der Waals surface area (Å²) in [7, 11) is 0. The van der Waals surface area contributed by atoms with Crippen LogP contribution in [0.25, 0.3) is 0 Å². The van der Waals surface area contributed by atoms with Crippen molar-refractivity contribution < 1.29 is 17.4 Å². The van der Waals surface area contributed by atoms with Crippen molar-refractivity contribution in [1.29, 1.82) is 0 Å². The van der Waals surface area contributed by atoms with Crippen LogP contribution in [0.2, 0.25) is 0 Å². The quantitative estimate of drug-likeness (QED) is 0.437. The molecule has 0 aliphatic carbocycles. The van der Waals surface area contributed by atoms with E-state index in [4.69, 9.17) is 17.4 Å². The van der Waals surface area contributed by atoms with E-state index in [-0.39, 0.29) is 6.42 Å². The molecule has 0 aromatic carbocycles. The van der Waals surface area contributed by atoms with E-state index in [0.29, 0.717) is 6.42 Å². The zero-order valence-electron chi connectivity index (χ0n) is 16.4. The summed E-state index contributed by atoms with van der Waals surface area (Å²) in [5.74, 6) is 0. The molecular formula is C11H22O. The second-order valence-corrected chi connectivity index (χ2v) is 2.33. The Bertz CT molecular complexity index is 374. The molecular weight excluding hydrogens is 148 g/mol. The van der Waals surface area contributed by atoms with Gasteiger partial charge in [-0.3, -0.25) is 0 Å². The molecule has 0 bridgehead atoms. The van der Waals surface area contributed by atoms with Gasteiger partial charge in [0.15, 0.2) is 0 Å². The molecule has 0 aromatic rings. The SMILES string of the molecule is [2H]C(O)=C([2H])C([2H])([2H])C([2H])([2H])C([2H])([2H])C([2H])CCCCC. The Morgan fingerprint density at radius 1 is 1.33 bits per heavy atom. The fraction of sp³-hybridized carbons (Fsp3) is 0.818. The molecule has 0 spiro atoms. The smallest absolute Gasteiger partial charge is 0.103 e. The molecule has 0 fully saturated rings. The van der Waals surface area contributed by atoms with Crippen molar-refractivity contribution in [2.45, 2.75) is 58.1 Å². The van der Waals surface area contributed by atoms with Gasteiger partial charge in [0.2, 0.25) is 0 Å². The minimum Gasteiger partial charge on any atom is -0.516 e. The highest BCUT2D eigenvalue weighted by Gasteiger charge is 1.88. The lowest BCUT2D eigenvalue weighted by molar-refractivity contribution is 0.469. The molecule has 1 unspecified atom stereocenters. The first kappa shape index (κ1) is 3.36. The van der Waals surface area contributed by atoms with Gasteiger partial charge in [0, 0.05) is 9.60 Å². The highest BCUT2D eigenvalue weighted by Crippen LogP contribution is 2.08. The lowest BCUT2D eigenvalue weighted by Crippen LogP contribution is -1.78. The normalized spacial score (nSPS) is 29.9. The van der Waals surface area contributed by atoms with E-state index in [1.807, 2.05) is 6.92 Å². The number of unbranched alkanes of at least 4 members (excludes halogenated alkanes) is 2. The van der Waals surface area contributed by atoms with Gasteiger partial charge in [0.05, 0.1) is 7.61 Å². The van der Waals surface area contributed by atoms with Crippen molar-refractivity contribution in [3.8, 4) is 0 Å². The van der Waals surface area contributed by atoms with E-state index in [1.165, 1.54) is 0 Å². The van der Waals surface area contributed by atoms with Crippen LogP contribution in [0.5, 0.6) is 0 Å². The summed E-state index contributed by atoms with van der Waals surface area (Å²) in [6.07, 6.45) is -10.1. The lowest BCUT2D eigenvalue weighted by atomic mass is 10.1.